The van der Waals surface area contributed by atoms with E-state index < -0.39 is 11.7 Å². The van der Waals surface area contributed by atoms with Crippen molar-refractivity contribution in [2.24, 2.45) is 5.92 Å². The third kappa shape index (κ3) is 3.32. The maximum absolute atomic E-state index is 12.9. The number of hydrogen-bond acceptors (Lipinski definition) is 3. The summed E-state index contributed by atoms with van der Waals surface area (Å²) in [5, 5.41) is 0.783. The highest BCUT2D eigenvalue weighted by Gasteiger charge is 2.32. The summed E-state index contributed by atoms with van der Waals surface area (Å²) in [6, 6.07) is 5.74. The summed E-state index contributed by atoms with van der Waals surface area (Å²) in [5.41, 5.74) is 0.722. The first kappa shape index (κ1) is 16.6. The van der Waals surface area contributed by atoms with Gasteiger partial charge < -0.3 is 9.64 Å². The van der Waals surface area contributed by atoms with Crippen LogP contribution in [0.1, 0.15) is 31.2 Å². The van der Waals surface area contributed by atoms with Crippen LogP contribution in [0.25, 0.3) is 10.9 Å². The molecule has 0 aliphatic carbocycles. The zero-order chi connectivity index (χ0) is 17.4. The predicted octanol–water partition coefficient (Wildman–Crippen LogP) is 4.65. The Morgan fingerprint density at radius 3 is 2.56 bits per heavy atom. The van der Waals surface area contributed by atoms with E-state index in [-0.39, 0.29) is 0 Å². The van der Waals surface area contributed by atoms with E-state index in [2.05, 4.69) is 9.88 Å². The van der Waals surface area contributed by atoms with Crippen molar-refractivity contribution in [3.8, 4) is 0 Å². The molecule has 0 saturated carbocycles. The standard InChI is InChI=1S/C19H21F3N2O/c20-19(21,22)14-3-4-15-16(12-14)23-8-5-17(15)24-9-6-13(7-10-24)18-2-1-11-25-18/h3-5,8,12-13,18H,1-2,6-7,9-11H2. The normalized spacial score (nSPS) is 22.7. The highest BCUT2D eigenvalue weighted by atomic mass is 19.4. The maximum atomic E-state index is 12.9. The number of halogens is 3. The molecular weight excluding hydrogens is 329 g/mol. The molecule has 1 aromatic heterocycles. The maximum Gasteiger partial charge on any atom is 0.416 e. The first-order chi connectivity index (χ1) is 12.0. The van der Waals surface area contributed by atoms with Gasteiger partial charge in [-0.15, -0.1) is 0 Å². The Morgan fingerprint density at radius 1 is 1.08 bits per heavy atom. The molecule has 2 aliphatic rings. The number of piperidine rings is 1. The lowest BCUT2D eigenvalue weighted by atomic mass is 9.89. The van der Waals surface area contributed by atoms with Gasteiger partial charge in [0, 0.05) is 37.0 Å². The summed E-state index contributed by atoms with van der Waals surface area (Å²) < 4.78 is 44.5. The Balaban J connectivity index is 1.55. The van der Waals surface area contributed by atoms with E-state index >= 15 is 0 Å². The average molecular weight is 350 g/mol. The molecule has 4 rings (SSSR count). The predicted molar refractivity (Wildman–Crippen MR) is 90.7 cm³/mol. The van der Waals surface area contributed by atoms with Crippen LogP contribution >= 0.6 is 0 Å². The fourth-order valence-corrected chi connectivity index (χ4v) is 4.07. The molecule has 3 heterocycles. The molecule has 1 unspecified atom stereocenters. The molecule has 6 heteroatoms. The number of anilines is 1. The van der Waals surface area contributed by atoms with E-state index in [1.165, 1.54) is 0 Å². The lowest BCUT2D eigenvalue weighted by Crippen LogP contribution is -2.37. The highest BCUT2D eigenvalue weighted by Crippen LogP contribution is 2.36. The Morgan fingerprint density at radius 2 is 1.88 bits per heavy atom. The van der Waals surface area contributed by atoms with Crippen LogP contribution in [-0.4, -0.2) is 30.8 Å². The van der Waals surface area contributed by atoms with Crippen molar-refractivity contribution in [3.05, 3.63) is 36.0 Å². The van der Waals surface area contributed by atoms with Crippen LogP contribution < -0.4 is 4.90 Å². The third-order valence-corrected chi connectivity index (χ3v) is 5.42. The molecule has 2 aliphatic heterocycles. The number of pyridine rings is 1. The minimum absolute atomic E-state index is 0.394. The van der Waals surface area contributed by atoms with Crippen molar-refractivity contribution >= 4 is 16.6 Å². The molecule has 0 spiro atoms. The first-order valence-electron chi connectivity index (χ1n) is 8.85. The van der Waals surface area contributed by atoms with E-state index in [4.69, 9.17) is 4.74 Å². The number of fused-ring (bicyclic) bond motifs is 1. The summed E-state index contributed by atoms with van der Waals surface area (Å²) in [4.78, 5) is 6.41. The number of aromatic nitrogens is 1. The van der Waals surface area contributed by atoms with Crippen molar-refractivity contribution in [2.75, 3.05) is 24.6 Å². The summed E-state index contributed by atoms with van der Waals surface area (Å²) in [6.07, 6.45) is 2.09. The molecule has 134 valence electrons. The smallest absolute Gasteiger partial charge is 0.378 e. The molecule has 25 heavy (non-hydrogen) atoms. The van der Waals surface area contributed by atoms with Gasteiger partial charge in [-0.25, -0.2) is 0 Å². The molecule has 0 bridgehead atoms. The second-order valence-electron chi connectivity index (χ2n) is 6.94. The minimum atomic E-state index is -4.34. The van der Waals surface area contributed by atoms with Crippen molar-refractivity contribution in [1.82, 2.24) is 4.98 Å². The quantitative estimate of drug-likeness (QED) is 0.788. The monoisotopic (exact) mass is 350 g/mol. The van der Waals surface area contributed by atoms with Gasteiger partial charge in [-0.3, -0.25) is 4.98 Å². The van der Waals surface area contributed by atoms with Crippen molar-refractivity contribution in [1.29, 1.82) is 0 Å². The van der Waals surface area contributed by atoms with Crippen LogP contribution in [0.15, 0.2) is 30.5 Å². The fourth-order valence-electron chi connectivity index (χ4n) is 4.07. The number of hydrogen-bond donors (Lipinski definition) is 0. The second kappa shape index (κ2) is 6.48. The van der Waals surface area contributed by atoms with Gasteiger partial charge in [-0.05, 0) is 49.8 Å². The highest BCUT2D eigenvalue weighted by molar-refractivity contribution is 5.92. The average Bonchev–Trinajstić information content (AvgIpc) is 3.15. The SMILES string of the molecule is FC(F)(F)c1ccc2c(N3CCC(C4CCCO4)CC3)ccnc2c1. The first-order valence-corrected chi connectivity index (χ1v) is 8.85. The second-order valence-corrected chi connectivity index (χ2v) is 6.94. The molecule has 1 atom stereocenters. The largest absolute Gasteiger partial charge is 0.416 e. The number of rotatable bonds is 2. The van der Waals surface area contributed by atoms with Gasteiger partial charge >= 0.3 is 6.18 Å². The Bertz CT molecular complexity index is 748. The van der Waals surface area contributed by atoms with Gasteiger partial charge in [-0.1, -0.05) is 6.07 Å². The van der Waals surface area contributed by atoms with Crippen LogP contribution in [-0.2, 0) is 10.9 Å². The molecule has 0 amide bonds. The van der Waals surface area contributed by atoms with Gasteiger partial charge in [0.05, 0.1) is 17.2 Å². The van der Waals surface area contributed by atoms with E-state index in [1.54, 1.807) is 12.3 Å². The van der Waals surface area contributed by atoms with Crippen LogP contribution in [0.5, 0.6) is 0 Å². The summed E-state index contributed by atoms with van der Waals surface area (Å²) >= 11 is 0. The Labute approximate surface area is 144 Å². The van der Waals surface area contributed by atoms with Crippen LogP contribution in [0.2, 0.25) is 0 Å². The summed E-state index contributed by atoms with van der Waals surface area (Å²) in [6.45, 7) is 2.69. The fraction of sp³-hybridized carbons (Fsp3) is 0.526. The van der Waals surface area contributed by atoms with Crippen LogP contribution in [0, 0.1) is 5.92 Å². The molecule has 0 N–H and O–H groups in total. The minimum Gasteiger partial charge on any atom is -0.378 e. The van der Waals surface area contributed by atoms with E-state index in [1.807, 2.05) is 6.07 Å². The number of benzene rings is 1. The Kier molecular flexibility index (Phi) is 4.31. The van der Waals surface area contributed by atoms with Gasteiger partial charge in [-0.2, -0.15) is 13.2 Å². The van der Waals surface area contributed by atoms with E-state index in [0.717, 1.165) is 68.6 Å². The van der Waals surface area contributed by atoms with E-state index in [0.29, 0.717) is 17.5 Å². The molecule has 2 saturated heterocycles. The van der Waals surface area contributed by atoms with Gasteiger partial charge in [0.1, 0.15) is 0 Å². The van der Waals surface area contributed by atoms with Crippen molar-refractivity contribution < 1.29 is 17.9 Å². The lowest BCUT2D eigenvalue weighted by molar-refractivity contribution is -0.137. The summed E-state index contributed by atoms with van der Waals surface area (Å²) in [7, 11) is 0. The van der Waals surface area contributed by atoms with Crippen molar-refractivity contribution in [2.45, 2.75) is 38.0 Å². The topological polar surface area (TPSA) is 25.4 Å². The number of ether oxygens (including phenoxy) is 1. The lowest BCUT2D eigenvalue weighted by Gasteiger charge is -2.36. The molecule has 0 radical (unpaired) electrons. The van der Waals surface area contributed by atoms with Crippen LogP contribution in [0.4, 0.5) is 18.9 Å². The van der Waals surface area contributed by atoms with Crippen LogP contribution in [0.3, 0.4) is 0 Å². The van der Waals surface area contributed by atoms with Gasteiger partial charge in [0.15, 0.2) is 0 Å². The summed E-state index contributed by atoms with van der Waals surface area (Å²) in [5.74, 6) is 0.601. The molecule has 1 aromatic carbocycles. The molecular formula is C19H21F3N2O. The van der Waals surface area contributed by atoms with E-state index in [9.17, 15) is 13.2 Å². The van der Waals surface area contributed by atoms with Gasteiger partial charge in [0.25, 0.3) is 0 Å². The molecule has 2 fully saturated rings. The number of alkyl halides is 3. The Hall–Kier alpha value is -1.82. The van der Waals surface area contributed by atoms with Crippen molar-refractivity contribution in [3.63, 3.8) is 0 Å². The third-order valence-electron chi connectivity index (χ3n) is 5.42. The molecule has 2 aromatic rings. The molecule has 3 nitrogen and oxygen atoms in total. The zero-order valence-electron chi connectivity index (χ0n) is 13.9. The number of nitrogens with zero attached hydrogens (tertiary/aromatic N) is 2. The van der Waals surface area contributed by atoms with Gasteiger partial charge in [0.2, 0.25) is 0 Å². The zero-order valence-corrected chi connectivity index (χ0v) is 13.9.